The topological polar surface area (TPSA) is 95.8 Å². The Morgan fingerprint density at radius 2 is 1.77 bits per heavy atom. The molecule has 9 nitrogen and oxygen atoms in total. The molecule has 0 atom stereocenters. The largest absolute Gasteiger partial charge is 0.497 e. The second-order valence-corrected chi connectivity index (χ2v) is 7.51. The standard InChI is InChI=1S/C21H20N4O5S/c1-28-15-6-8-16(9-7-15)30-12-19-22-23-21-25(19)24(20(27)13-31-21)11-18(26)14-4-3-5-17(10-14)29-2/h3-10H,11-13H2,1-2H3. The minimum absolute atomic E-state index is 0.0804. The lowest BCUT2D eigenvalue weighted by atomic mass is 10.1. The van der Waals surface area contributed by atoms with E-state index in [0.29, 0.717) is 28.0 Å². The summed E-state index contributed by atoms with van der Waals surface area (Å²) in [5.74, 6) is 2.08. The number of carbonyl (C=O) groups excluding carboxylic acids is 2. The van der Waals surface area contributed by atoms with Gasteiger partial charge in [-0.15, -0.1) is 10.2 Å². The molecule has 0 N–H and O–H groups in total. The van der Waals surface area contributed by atoms with Crippen molar-refractivity contribution in [2.75, 3.05) is 31.5 Å². The van der Waals surface area contributed by atoms with Gasteiger partial charge in [0.2, 0.25) is 5.16 Å². The summed E-state index contributed by atoms with van der Waals surface area (Å²) in [5, 5.41) is 10.2. The Kier molecular flexibility index (Phi) is 6.08. The molecule has 0 saturated heterocycles. The first-order valence-corrected chi connectivity index (χ1v) is 10.4. The molecule has 0 unspecified atom stereocenters. The summed E-state index contributed by atoms with van der Waals surface area (Å²) < 4.78 is 17.7. The van der Waals surface area contributed by atoms with Crippen LogP contribution in [0.1, 0.15) is 16.2 Å². The lowest BCUT2D eigenvalue weighted by Crippen LogP contribution is -2.48. The lowest BCUT2D eigenvalue weighted by molar-refractivity contribution is -0.118. The van der Waals surface area contributed by atoms with Gasteiger partial charge >= 0.3 is 0 Å². The number of hydrogen-bond acceptors (Lipinski definition) is 8. The zero-order valence-electron chi connectivity index (χ0n) is 17.0. The van der Waals surface area contributed by atoms with Gasteiger partial charge in [-0.05, 0) is 36.4 Å². The highest BCUT2D eigenvalue weighted by molar-refractivity contribution is 7.99. The van der Waals surface area contributed by atoms with Crippen LogP contribution in [0.25, 0.3) is 0 Å². The van der Waals surface area contributed by atoms with Crippen molar-refractivity contribution in [1.29, 1.82) is 0 Å². The molecule has 0 bridgehead atoms. The van der Waals surface area contributed by atoms with Gasteiger partial charge in [-0.3, -0.25) is 9.59 Å². The van der Waals surface area contributed by atoms with Gasteiger partial charge in [-0.25, -0.2) is 9.69 Å². The fraction of sp³-hybridized carbons (Fsp3) is 0.238. The molecule has 160 valence electrons. The first-order chi connectivity index (χ1) is 15.1. The van der Waals surface area contributed by atoms with Gasteiger partial charge in [0, 0.05) is 5.56 Å². The van der Waals surface area contributed by atoms with Crippen molar-refractivity contribution in [2.24, 2.45) is 0 Å². The van der Waals surface area contributed by atoms with E-state index >= 15 is 0 Å². The number of benzene rings is 2. The molecular formula is C21H20N4O5S. The predicted molar refractivity (Wildman–Crippen MR) is 113 cm³/mol. The second kappa shape index (κ2) is 9.09. The van der Waals surface area contributed by atoms with Crippen LogP contribution in [-0.2, 0) is 11.4 Å². The Hall–Kier alpha value is -3.53. The fourth-order valence-corrected chi connectivity index (χ4v) is 3.86. The molecule has 3 aromatic rings. The predicted octanol–water partition coefficient (Wildman–Crippen LogP) is 2.33. The molecule has 0 fully saturated rings. The van der Waals surface area contributed by atoms with Crippen molar-refractivity contribution in [1.82, 2.24) is 14.9 Å². The zero-order chi connectivity index (χ0) is 21.8. The lowest BCUT2D eigenvalue weighted by Gasteiger charge is -2.28. The Balaban J connectivity index is 1.53. The summed E-state index contributed by atoms with van der Waals surface area (Å²) in [4.78, 5) is 25.5. The van der Waals surface area contributed by atoms with Gasteiger partial charge in [-0.2, -0.15) is 0 Å². The number of fused-ring (bicyclic) bond motifs is 1. The highest BCUT2D eigenvalue weighted by Crippen LogP contribution is 2.25. The maximum Gasteiger partial charge on any atom is 0.252 e. The Bertz CT molecular complexity index is 1100. The molecule has 1 amide bonds. The first-order valence-electron chi connectivity index (χ1n) is 9.41. The summed E-state index contributed by atoms with van der Waals surface area (Å²) in [6, 6.07) is 13.9. The van der Waals surface area contributed by atoms with Gasteiger partial charge in [0.1, 0.15) is 30.4 Å². The monoisotopic (exact) mass is 440 g/mol. The number of Topliss-reactive ketones (excluding diaryl/α,β-unsaturated/α-hetero) is 1. The molecule has 0 aliphatic carbocycles. The molecule has 4 rings (SSSR count). The van der Waals surface area contributed by atoms with Crippen molar-refractivity contribution in [3.63, 3.8) is 0 Å². The number of ether oxygens (including phenoxy) is 3. The normalized spacial score (nSPS) is 13.0. The first kappa shape index (κ1) is 20.7. The van der Waals surface area contributed by atoms with Gasteiger partial charge in [-0.1, -0.05) is 23.9 Å². The fourth-order valence-electron chi connectivity index (χ4n) is 3.03. The van der Waals surface area contributed by atoms with Crippen molar-refractivity contribution in [3.8, 4) is 17.2 Å². The van der Waals surface area contributed by atoms with Crippen LogP contribution >= 0.6 is 11.8 Å². The number of ketones is 1. The van der Waals surface area contributed by atoms with Crippen LogP contribution in [0.5, 0.6) is 17.2 Å². The number of hydrogen-bond donors (Lipinski definition) is 0. The molecule has 2 aromatic carbocycles. The third-order valence-corrected chi connectivity index (χ3v) is 5.55. The average Bonchev–Trinajstić information content (AvgIpc) is 3.23. The smallest absolute Gasteiger partial charge is 0.252 e. The molecule has 0 radical (unpaired) electrons. The molecule has 1 aliphatic heterocycles. The van der Waals surface area contributed by atoms with Crippen LogP contribution in [0.15, 0.2) is 53.7 Å². The Morgan fingerprint density at radius 3 is 2.52 bits per heavy atom. The van der Waals surface area contributed by atoms with Gasteiger partial charge in [0.05, 0.1) is 20.0 Å². The average molecular weight is 440 g/mol. The summed E-state index contributed by atoms with van der Waals surface area (Å²) in [5.41, 5.74) is 0.455. The minimum Gasteiger partial charge on any atom is -0.497 e. The van der Waals surface area contributed by atoms with E-state index in [9.17, 15) is 9.59 Å². The van der Waals surface area contributed by atoms with Crippen molar-refractivity contribution >= 4 is 23.5 Å². The van der Waals surface area contributed by atoms with E-state index in [1.54, 1.807) is 60.3 Å². The molecule has 1 aromatic heterocycles. The molecule has 1 aliphatic rings. The Morgan fingerprint density at radius 1 is 1.03 bits per heavy atom. The molecule has 10 heteroatoms. The van der Waals surface area contributed by atoms with Gasteiger partial charge < -0.3 is 14.2 Å². The van der Waals surface area contributed by atoms with E-state index in [4.69, 9.17) is 14.2 Å². The van der Waals surface area contributed by atoms with E-state index in [-0.39, 0.29) is 30.6 Å². The van der Waals surface area contributed by atoms with Crippen molar-refractivity contribution in [3.05, 3.63) is 59.9 Å². The maximum atomic E-state index is 12.9. The van der Waals surface area contributed by atoms with Gasteiger partial charge in [0.15, 0.2) is 11.6 Å². The highest BCUT2D eigenvalue weighted by Gasteiger charge is 2.31. The molecule has 31 heavy (non-hydrogen) atoms. The summed E-state index contributed by atoms with van der Waals surface area (Å²) >= 11 is 1.27. The number of carbonyl (C=O) groups is 2. The third kappa shape index (κ3) is 4.48. The summed E-state index contributed by atoms with van der Waals surface area (Å²) in [7, 11) is 3.13. The SMILES string of the molecule is COc1ccc(OCc2nnc3n2N(CC(=O)c2cccc(OC)c2)C(=O)CS3)cc1. The number of amides is 1. The van der Waals surface area contributed by atoms with Crippen LogP contribution in [0, 0.1) is 0 Å². The van der Waals surface area contributed by atoms with Gasteiger partial charge in [0.25, 0.3) is 5.91 Å². The van der Waals surface area contributed by atoms with Crippen LogP contribution in [-0.4, -0.2) is 53.1 Å². The van der Waals surface area contributed by atoms with E-state index in [1.807, 2.05) is 0 Å². The number of nitrogens with zero attached hydrogens (tertiary/aromatic N) is 4. The van der Waals surface area contributed by atoms with E-state index in [0.717, 1.165) is 5.75 Å². The second-order valence-electron chi connectivity index (χ2n) is 6.57. The highest BCUT2D eigenvalue weighted by atomic mass is 32.2. The van der Waals surface area contributed by atoms with E-state index in [2.05, 4.69) is 10.2 Å². The van der Waals surface area contributed by atoms with Crippen LogP contribution < -0.4 is 19.2 Å². The Labute approximate surface area is 182 Å². The molecule has 0 spiro atoms. The number of rotatable bonds is 8. The van der Waals surface area contributed by atoms with E-state index in [1.165, 1.54) is 23.9 Å². The van der Waals surface area contributed by atoms with E-state index < -0.39 is 0 Å². The molecular weight excluding hydrogens is 420 g/mol. The number of methoxy groups -OCH3 is 2. The summed E-state index contributed by atoms with van der Waals surface area (Å²) in [6.45, 7) is -0.0653. The van der Waals surface area contributed by atoms with Crippen LogP contribution in [0.3, 0.4) is 0 Å². The maximum absolute atomic E-state index is 12.9. The van der Waals surface area contributed by atoms with Crippen LogP contribution in [0.2, 0.25) is 0 Å². The molecule has 2 heterocycles. The third-order valence-electron chi connectivity index (χ3n) is 4.64. The van der Waals surface area contributed by atoms with Crippen molar-refractivity contribution < 1.29 is 23.8 Å². The summed E-state index contributed by atoms with van der Waals surface area (Å²) in [6.07, 6.45) is 0. The molecule has 0 saturated carbocycles. The number of aromatic nitrogens is 3. The quantitative estimate of drug-likeness (QED) is 0.493. The zero-order valence-corrected chi connectivity index (χ0v) is 17.8. The minimum atomic E-state index is -0.221. The van der Waals surface area contributed by atoms with Crippen molar-refractivity contribution in [2.45, 2.75) is 11.8 Å². The van der Waals surface area contributed by atoms with Crippen LogP contribution in [0.4, 0.5) is 0 Å². The number of thioether (sulfide) groups is 1.